The number of nitrogens with two attached hydrogens (primary N) is 1. The SMILES string of the molecule is NC(CSc1ccccc1F)CC1CC2CCC1C2. The normalized spacial score (nSPS) is 30.7. The van der Waals surface area contributed by atoms with Gasteiger partial charge in [-0.25, -0.2) is 4.39 Å². The van der Waals surface area contributed by atoms with Crippen LogP contribution < -0.4 is 5.73 Å². The van der Waals surface area contributed by atoms with Gasteiger partial charge in [-0.15, -0.1) is 11.8 Å². The number of halogens is 1. The largest absolute Gasteiger partial charge is 0.327 e. The van der Waals surface area contributed by atoms with Crippen LogP contribution in [0.25, 0.3) is 0 Å². The summed E-state index contributed by atoms with van der Waals surface area (Å²) in [5.41, 5.74) is 6.24. The Morgan fingerprint density at radius 3 is 2.79 bits per heavy atom. The van der Waals surface area contributed by atoms with Crippen molar-refractivity contribution in [3.63, 3.8) is 0 Å². The standard InChI is InChI=1S/C16H22FNS/c17-15-3-1-2-4-16(15)19-10-14(18)9-13-8-11-5-6-12(13)7-11/h1-4,11-14H,5-10,18H2. The molecule has 0 saturated heterocycles. The Morgan fingerprint density at radius 2 is 2.11 bits per heavy atom. The van der Waals surface area contributed by atoms with Crippen molar-refractivity contribution in [2.45, 2.75) is 43.0 Å². The molecule has 0 aliphatic heterocycles. The second kappa shape index (κ2) is 5.84. The maximum Gasteiger partial charge on any atom is 0.136 e. The molecule has 2 fully saturated rings. The average molecular weight is 279 g/mol. The molecule has 0 heterocycles. The number of hydrogen-bond donors (Lipinski definition) is 1. The van der Waals surface area contributed by atoms with Gasteiger partial charge in [0, 0.05) is 16.7 Å². The number of hydrogen-bond acceptors (Lipinski definition) is 2. The van der Waals surface area contributed by atoms with E-state index in [4.69, 9.17) is 5.73 Å². The first-order chi connectivity index (χ1) is 9.22. The third-order valence-corrected chi connectivity index (χ3v) is 6.02. The summed E-state index contributed by atoms with van der Waals surface area (Å²) < 4.78 is 13.5. The topological polar surface area (TPSA) is 26.0 Å². The summed E-state index contributed by atoms with van der Waals surface area (Å²) in [6, 6.07) is 7.17. The van der Waals surface area contributed by atoms with Crippen molar-refractivity contribution < 1.29 is 4.39 Å². The van der Waals surface area contributed by atoms with Crippen LogP contribution in [0.1, 0.15) is 32.1 Å². The Balaban J connectivity index is 1.47. The van der Waals surface area contributed by atoms with Crippen LogP contribution in [-0.4, -0.2) is 11.8 Å². The summed E-state index contributed by atoms with van der Waals surface area (Å²) in [7, 11) is 0. The van der Waals surface area contributed by atoms with Gasteiger partial charge < -0.3 is 5.73 Å². The predicted octanol–water partition coefficient (Wildman–Crippen LogP) is 4.07. The molecular weight excluding hydrogens is 257 g/mol. The predicted molar refractivity (Wildman–Crippen MR) is 78.7 cm³/mol. The quantitative estimate of drug-likeness (QED) is 0.822. The highest BCUT2D eigenvalue weighted by Crippen LogP contribution is 2.49. The van der Waals surface area contributed by atoms with Gasteiger partial charge in [-0.1, -0.05) is 18.6 Å². The monoisotopic (exact) mass is 279 g/mol. The molecule has 4 atom stereocenters. The highest BCUT2D eigenvalue weighted by molar-refractivity contribution is 7.99. The van der Waals surface area contributed by atoms with Gasteiger partial charge >= 0.3 is 0 Å². The van der Waals surface area contributed by atoms with Crippen molar-refractivity contribution in [3.05, 3.63) is 30.1 Å². The molecule has 2 aliphatic rings. The van der Waals surface area contributed by atoms with Crippen molar-refractivity contribution in [2.75, 3.05) is 5.75 Å². The summed E-state index contributed by atoms with van der Waals surface area (Å²) >= 11 is 1.56. The molecule has 2 saturated carbocycles. The fourth-order valence-electron chi connectivity index (χ4n) is 3.88. The molecule has 1 aromatic carbocycles. The molecule has 0 radical (unpaired) electrons. The highest BCUT2D eigenvalue weighted by Gasteiger charge is 2.39. The van der Waals surface area contributed by atoms with E-state index in [0.29, 0.717) is 0 Å². The van der Waals surface area contributed by atoms with Crippen molar-refractivity contribution in [1.29, 1.82) is 0 Å². The van der Waals surface area contributed by atoms with Gasteiger partial charge in [-0.3, -0.25) is 0 Å². The van der Waals surface area contributed by atoms with Crippen LogP contribution >= 0.6 is 11.8 Å². The molecule has 2 aliphatic carbocycles. The van der Waals surface area contributed by atoms with Crippen LogP contribution in [0, 0.1) is 23.6 Å². The minimum absolute atomic E-state index is 0.125. The number of thioether (sulfide) groups is 1. The molecule has 0 amide bonds. The zero-order chi connectivity index (χ0) is 13.2. The second-order valence-corrected chi connectivity index (χ2v) is 7.23. The zero-order valence-corrected chi connectivity index (χ0v) is 12.0. The Bertz CT molecular complexity index is 437. The Kier molecular flexibility index (Phi) is 4.13. The maximum absolute atomic E-state index is 13.5. The van der Waals surface area contributed by atoms with Crippen molar-refractivity contribution >= 4 is 11.8 Å². The van der Waals surface area contributed by atoms with Crippen molar-refractivity contribution in [1.82, 2.24) is 0 Å². The lowest BCUT2D eigenvalue weighted by Gasteiger charge is -2.24. The molecule has 3 rings (SSSR count). The minimum Gasteiger partial charge on any atom is -0.327 e. The van der Waals surface area contributed by atoms with Crippen molar-refractivity contribution in [2.24, 2.45) is 23.5 Å². The summed E-state index contributed by atoms with van der Waals surface area (Å²) in [4.78, 5) is 0.728. The van der Waals surface area contributed by atoms with Crippen molar-refractivity contribution in [3.8, 4) is 0 Å². The fourth-order valence-corrected chi connectivity index (χ4v) is 4.79. The molecule has 1 aromatic rings. The lowest BCUT2D eigenvalue weighted by molar-refractivity contribution is 0.301. The molecule has 3 heteroatoms. The van der Waals surface area contributed by atoms with E-state index in [2.05, 4.69) is 0 Å². The van der Waals surface area contributed by atoms with E-state index in [9.17, 15) is 4.39 Å². The zero-order valence-electron chi connectivity index (χ0n) is 11.2. The fraction of sp³-hybridized carbons (Fsp3) is 0.625. The van der Waals surface area contributed by atoms with E-state index in [-0.39, 0.29) is 11.9 Å². The van der Waals surface area contributed by atoms with Crippen LogP contribution in [0.3, 0.4) is 0 Å². The first kappa shape index (κ1) is 13.4. The minimum atomic E-state index is -0.125. The Labute approximate surface area is 119 Å². The third kappa shape index (κ3) is 3.14. The summed E-state index contributed by atoms with van der Waals surface area (Å²) in [6.07, 6.45) is 6.83. The van der Waals surface area contributed by atoms with E-state index in [1.165, 1.54) is 31.7 Å². The lowest BCUT2D eigenvalue weighted by Crippen LogP contribution is -2.28. The van der Waals surface area contributed by atoms with Crippen LogP contribution in [-0.2, 0) is 0 Å². The van der Waals surface area contributed by atoms with Gasteiger partial charge in [-0.05, 0) is 55.6 Å². The highest BCUT2D eigenvalue weighted by atomic mass is 32.2. The molecule has 19 heavy (non-hydrogen) atoms. The van der Waals surface area contributed by atoms with E-state index >= 15 is 0 Å². The molecule has 104 valence electrons. The molecule has 4 unspecified atom stereocenters. The number of fused-ring (bicyclic) bond motifs is 2. The summed E-state index contributed by atoms with van der Waals surface area (Å²) in [5.74, 6) is 3.47. The maximum atomic E-state index is 13.5. The second-order valence-electron chi connectivity index (χ2n) is 6.17. The van der Waals surface area contributed by atoms with Gasteiger partial charge in [-0.2, -0.15) is 0 Å². The van der Waals surface area contributed by atoms with Crippen LogP contribution in [0.15, 0.2) is 29.2 Å². The molecule has 2 N–H and O–H groups in total. The van der Waals surface area contributed by atoms with E-state index in [1.54, 1.807) is 17.8 Å². The number of benzene rings is 1. The Hall–Kier alpha value is -0.540. The summed E-state index contributed by atoms with van der Waals surface area (Å²) in [6.45, 7) is 0. The smallest absolute Gasteiger partial charge is 0.136 e. The summed E-state index contributed by atoms with van der Waals surface area (Å²) in [5, 5.41) is 0. The van der Waals surface area contributed by atoms with Crippen LogP contribution in [0.5, 0.6) is 0 Å². The van der Waals surface area contributed by atoms with E-state index < -0.39 is 0 Å². The lowest BCUT2D eigenvalue weighted by atomic mass is 9.85. The van der Waals surface area contributed by atoms with E-state index in [1.807, 2.05) is 12.1 Å². The average Bonchev–Trinajstić information content (AvgIpc) is 3.00. The van der Waals surface area contributed by atoms with Gasteiger partial charge in [0.25, 0.3) is 0 Å². The van der Waals surface area contributed by atoms with Gasteiger partial charge in [0.15, 0.2) is 0 Å². The first-order valence-corrected chi connectivity index (χ1v) is 8.34. The Morgan fingerprint density at radius 1 is 1.26 bits per heavy atom. The van der Waals surface area contributed by atoms with Gasteiger partial charge in [0.05, 0.1) is 0 Å². The molecule has 2 bridgehead atoms. The van der Waals surface area contributed by atoms with Crippen LogP contribution in [0.4, 0.5) is 4.39 Å². The van der Waals surface area contributed by atoms with Gasteiger partial charge in [0.1, 0.15) is 5.82 Å². The van der Waals surface area contributed by atoms with Crippen LogP contribution in [0.2, 0.25) is 0 Å². The van der Waals surface area contributed by atoms with E-state index in [0.717, 1.165) is 34.8 Å². The number of rotatable bonds is 5. The first-order valence-electron chi connectivity index (χ1n) is 7.35. The molecule has 0 spiro atoms. The third-order valence-electron chi connectivity index (χ3n) is 4.78. The van der Waals surface area contributed by atoms with Gasteiger partial charge in [0.2, 0.25) is 0 Å². The molecular formula is C16H22FNS. The molecule has 1 nitrogen and oxygen atoms in total. The molecule has 0 aromatic heterocycles.